The Bertz CT molecular complexity index is 1900. The van der Waals surface area contributed by atoms with Gasteiger partial charge in [-0.15, -0.1) is 0 Å². The maximum atomic E-state index is 2.36. The molecule has 7 rings (SSSR count). The van der Waals surface area contributed by atoms with Crippen LogP contribution in [0.1, 0.15) is 11.1 Å². The van der Waals surface area contributed by atoms with Crippen molar-refractivity contribution in [2.45, 2.75) is 13.8 Å². The predicted molar refractivity (Wildman–Crippen MR) is 157 cm³/mol. The molecular weight excluding hydrogens is 432 g/mol. The van der Waals surface area contributed by atoms with E-state index in [0.717, 1.165) is 0 Å². The molecule has 0 aliphatic heterocycles. The molecule has 0 bridgehead atoms. The highest BCUT2D eigenvalue weighted by Crippen LogP contribution is 2.45. The van der Waals surface area contributed by atoms with Crippen LogP contribution in [-0.4, -0.2) is 0 Å². The molecule has 170 valence electrons. The Balaban J connectivity index is 1.64. The summed E-state index contributed by atoms with van der Waals surface area (Å²) >= 11 is 0. The summed E-state index contributed by atoms with van der Waals surface area (Å²) in [4.78, 5) is 0. The molecule has 7 aromatic rings. The van der Waals surface area contributed by atoms with Crippen LogP contribution < -0.4 is 0 Å². The maximum Gasteiger partial charge on any atom is -0.00201 e. The van der Waals surface area contributed by atoms with Gasteiger partial charge >= 0.3 is 0 Å². The largest absolute Gasteiger partial charge is 0.0616 e. The topological polar surface area (TPSA) is 0 Å². The Labute approximate surface area is 211 Å². The van der Waals surface area contributed by atoms with Crippen molar-refractivity contribution in [2.75, 3.05) is 0 Å². The normalized spacial score (nSPS) is 11.6. The van der Waals surface area contributed by atoms with Gasteiger partial charge in [-0.2, -0.15) is 0 Å². The third-order valence-electron chi connectivity index (χ3n) is 7.63. The summed E-state index contributed by atoms with van der Waals surface area (Å²) in [6.07, 6.45) is 0. The average Bonchev–Trinajstić information content (AvgIpc) is 2.92. The Morgan fingerprint density at radius 2 is 0.944 bits per heavy atom. The number of benzene rings is 7. The molecule has 0 nitrogen and oxygen atoms in total. The van der Waals surface area contributed by atoms with E-state index in [0.29, 0.717) is 0 Å². The minimum Gasteiger partial charge on any atom is -0.0616 e. The maximum absolute atomic E-state index is 2.36. The standard InChI is InChI=1S/C36H26/c1-23-15-17-25-18-19-26(22-27(25)21-23)35-30-11-5-7-13-32(30)36(33-14-8-6-12-31(33)35)34-20-16-24(2)28-9-3-4-10-29(28)34/h3-22H,1-2H3. The van der Waals surface area contributed by atoms with Crippen molar-refractivity contribution in [2.24, 2.45) is 0 Å². The lowest BCUT2D eigenvalue weighted by molar-refractivity contribution is 1.51. The van der Waals surface area contributed by atoms with Gasteiger partial charge in [0.25, 0.3) is 0 Å². The average molecular weight is 459 g/mol. The van der Waals surface area contributed by atoms with Crippen LogP contribution in [0.5, 0.6) is 0 Å². The van der Waals surface area contributed by atoms with Crippen molar-refractivity contribution in [3.8, 4) is 22.3 Å². The minimum absolute atomic E-state index is 1.26. The number of hydrogen-bond acceptors (Lipinski definition) is 0. The van der Waals surface area contributed by atoms with Gasteiger partial charge in [-0.05, 0) is 90.8 Å². The van der Waals surface area contributed by atoms with Crippen molar-refractivity contribution in [1.82, 2.24) is 0 Å². The molecule has 0 fully saturated rings. The van der Waals surface area contributed by atoms with Gasteiger partial charge in [-0.1, -0.05) is 121 Å². The van der Waals surface area contributed by atoms with Crippen LogP contribution in [0.15, 0.2) is 121 Å². The van der Waals surface area contributed by atoms with Gasteiger partial charge in [0.15, 0.2) is 0 Å². The Kier molecular flexibility index (Phi) is 4.69. The van der Waals surface area contributed by atoms with Crippen LogP contribution in [0.3, 0.4) is 0 Å². The Hall–Kier alpha value is -4.42. The predicted octanol–water partition coefficient (Wildman–Crippen LogP) is 10.3. The van der Waals surface area contributed by atoms with Crippen molar-refractivity contribution < 1.29 is 0 Å². The molecule has 0 unspecified atom stereocenters. The first kappa shape index (κ1) is 20.9. The molecule has 0 heteroatoms. The van der Waals surface area contributed by atoms with Gasteiger partial charge in [0.1, 0.15) is 0 Å². The molecule has 0 aromatic heterocycles. The van der Waals surface area contributed by atoms with Crippen LogP contribution in [0, 0.1) is 13.8 Å². The summed E-state index contributed by atoms with van der Waals surface area (Å²) < 4.78 is 0. The number of rotatable bonds is 2. The third kappa shape index (κ3) is 3.15. The lowest BCUT2D eigenvalue weighted by Gasteiger charge is -2.19. The van der Waals surface area contributed by atoms with E-state index >= 15 is 0 Å². The zero-order valence-corrected chi connectivity index (χ0v) is 20.5. The van der Waals surface area contributed by atoms with Crippen LogP contribution >= 0.6 is 0 Å². The van der Waals surface area contributed by atoms with E-state index in [9.17, 15) is 0 Å². The van der Waals surface area contributed by atoms with E-state index in [1.807, 2.05) is 0 Å². The van der Waals surface area contributed by atoms with Gasteiger partial charge in [0.2, 0.25) is 0 Å². The zero-order chi connectivity index (χ0) is 24.2. The van der Waals surface area contributed by atoms with Crippen LogP contribution in [0.2, 0.25) is 0 Å². The molecule has 7 aromatic carbocycles. The highest BCUT2D eigenvalue weighted by molar-refractivity contribution is 6.23. The fourth-order valence-electron chi connectivity index (χ4n) is 5.92. The zero-order valence-electron chi connectivity index (χ0n) is 20.5. The first-order valence-corrected chi connectivity index (χ1v) is 12.6. The van der Waals surface area contributed by atoms with E-state index in [1.54, 1.807) is 0 Å². The molecule has 0 atom stereocenters. The van der Waals surface area contributed by atoms with Crippen LogP contribution in [-0.2, 0) is 0 Å². The summed E-state index contributed by atoms with van der Waals surface area (Å²) in [5, 5.41) is 10.4. The molecule has 0 saturated heterocycles. The van der Waals surface area contributed by atoms with Gasteiger partial charge in [0, 0.05) is 0 Å². The molecule has 0 aliphatic rings. The highest BCUT2D eigenvalue weighted by atomic mass is 14.2. The molecular formula is C36H26. The smallest absolute Gasteiger partial charge is 0.00201 e. The molecule has 0 aliphatic carbocycles. The van der Waals surface area contributed by atoms with Crippen molar-refractivity contribution in [3.05, 3.63) is 132 Å². The summed E-state index contributed by atoms with van der Waals surface area (Å²) in [5.74, 6) is 0. The molecule has 0 amide bonds. The van der Waals surface area contributed by atoms with Crippen molar-refractivity contribution in [1.29, 1.82) is 0 Å². The molecule has 0 saturated carbocycles. The number of aryl methyl sites for hydroxylation is 2. The van der Waals surface area contributed by atoms with Crippen molar-refractivity contribution in [3.63, 3.8) is 0 Å². The van der Waals surface area contributed by atoms with E-state index in [4.69, 9.17) is 0 Å². The summed E-state index contributed by atoms with van der Waals surface area (Å²) in [5.41, 5.74) is 7.79. The molecule has 0 spiro atoms. The first-order valence-electron chi connectivity index (χ1n) is 12.6. The minimum atomic E-state index is 1.26. The summed E-state index contributed by atoms with van der Waals surface area (Å²) in [6, 6.07) is 44.8. The van der Waals surface area contributed by atoms with Crippen molar-refractivity contribution >= 4 is 43.1 Å². The fourth-order valence-corrected chi connectivity index (χ4v) is 5.92. The van der Waals surface area contributed by atoms with E-state index in [2.05, 4.69) is 135 Å². The molecule has 0 heterocycles. The van der Waals surface area contributed by atoms with E-state index < -0.39 is 0 Å². The fraction of sp³-hybridized carbons (Fsp3) is 0.0556. The second kappa shape index (κ2) is 8.07. The van der Waals surface area contributed by atoms with Crippen LogP contribution in [0.25, 0.3) is 65.3 Å². The number of hydrogen-bond donors (Lipinski definition) is 0. The monoisotopic (exact) mass is 458 g/mol. The highest BCUT2D eigenvalue weighted by Gasteiger charge is 2.18. The molecule has 0 N–H and O–H groups in total. The first-order chi connectivity index (χ1) is 17.7. The quantitative estimate of drug-likeness (QED) is 0.226. The lowest BCUT2D eigenvalue weighted by Crippen LogP contribution is -1.92. The SMILES string of the molecule is Cc1ccc2ccc(-c3c4ccccc4c(-c4ccc(C)c5ccccc45)c4ccccc34)cc2c1. The molecule has 0 radical (unpaired) electrons. The van der Waals surface area contributed by atoms with E-state index in [-0.39, 0.29) is 0 Å². The summed E-state index contributed by atoms with van der Waals surface area (Å²) in [6.45, 7) is 4.37. The van der Waals surface area contributed by atoms with Gasteiger partial charge in [-0.3, -0.25) is 0 Å². The third-order valence-corrected chi connectivity index (χ3v) is 7.63. The Morgan fingerprint density at radius 1 is 0.389 bits per heavy atom. The lowest BCUT2D eigenvalue weighted by atomic mass is 9.84. The van der Waals surface area contributed by atoms with Gasteiger partial charge in [0.05, 0.1) is 0 Å². The van der Waals surface area contributed by atoms with E-state index in [1.165, 1.54) is 76.5 Å². The van der Waals surface area contributed by atoms with Crippen LogP contribution in [0.4, 0.5) is 0 Å². The van der Waals surface area contributed by atoms with Gasteiger partial charge in [-0.25, -0.2) is 0 Å². The number of fused-ring (bicyclic) bond motifs is 4. The molecule has 36 heavy (non-hydrogen) atoms. The Morgan fingerprint density at radius 3 is 1.61 bits per heavy atom. The second-order valence-electron chi connectivity index (χ2n) is 9.88. The van der Waals surface area contributed by atoms with Gasteiger partial charge < -0.3 is 0 Å². The second-order valence-corrected chi connectivity index (χ2v) is 9.88. The summed E-state index contributed by atoms with van der Waals surface area (Å²) in [7, 11) is 0.